The Morgan fingerprint density at radius 3 is 2.44 bits per heavy atom. The molecule has 2 aromatic rings. The van der Waals surface area contributed by atoms with Crippen LogP contribution in [0.2, 0.25) is 0 Å². The molecule has 18 heavy (non-hydrogen) atoms. The summed E-state index contributed by atoms with van der Waals surface area (Å²) in [6.45, 7) is 8.53. The Balaban J connectivity index is 2.55. The van der Waals surface area contributed by atoms with Crippen LogP contribution in [0.4, 0.5) is 5.00 Å². The molecular formula is C14H17BrN2S. The van der Waals surface area contributed by atoms with Gasteiger partial charge in [0.1, 0.15) is 15.7 Å². The number of hydrogen-bond acceptors (Lipinski definition) is 3. The summed E-state index contributed by atoms with van der Waals surface area (Å²) in [4.78, 5) is 4.71. The molecule has 0 atom stereocenters. The molecule has 0 aliphatic rings. The van der Waals surface area contributed by atoms with E-state index in [2.05, 4.69) is 61.8 Å². The highest BCUT2D eigenvalue weighted by molar-refractivity contribution is 9.10. The van der Waals surface area contributed by atoms with Crippen molar-refractivity contribution in [3.05, 3.63) is 33.2 Å². The quantitative estimate of drug-likeness (QED) is 0.821. The van der Waals surface area contributed by atoms with E-state index in [4.69, 9.17) is 10.7 Å². The lowest BCUT2D eigenvalue weighted by atomic mass is 9.98. The van der Waals surface area contributed by atoms with E-state index in [0.29, 0.717) is 0 Å². The van der Waals surface area contributed by atoms with Gasteiger partial charge in [-0.1, -0.05) is 48.8 Å². The standard InChI is InChI=1S/C14H17BrN2S/c1-8-5-6-9(10(15)7-8)11-12(16)18-13(17-11)14(2,3)4/h5-7H,16H2,1-4H3. The first-order valence-corrected chi connectivity index (χ1v) is 7.43. The molecule has 0 spiro atoms. The van der Waals surface area contributed by atoms with Gasteiger partial charge >= 0.3 is 0 Å². The van der Waals surface area contributed by atoms with Crippen LogP contribution in [-0.4, -0.2) is 4.98 Å². The third-order valence-corrected chi connectivity index (χ3v) is 4.64. The topological polar surface area (TPSA) is 38.9 Å². The molecule has 1 heterocycles. The summed E-state index contributed by atoms with van der Waals surface area (Å²) in [5, 5.41) is 1.85. The molecule has 0 saturated heterocycles. The highest BCUT2D eigenvalue weighted by atomic mass is 79.9. The molecule has 96 valence electrons. The van der Waals surface area contributed by atoms with Gasteiger partial charge in [0, 0.05) is 15.5 Å². The number of nitrogens with zero attached hydrogens (tertiary/aromatic N) is 1. The van der Waals surface area contributed by atoms with E-state index >= 15 is 0 Å². The number of anilines is 1. The van der Waals surface area contributed by atoms with Gasteiger partial charge in [0.15, 0.2) is 0 Å². The lowest BCUT2D eigenvalue weighted by Crippen LogP contribution is -2.10. The van der Waals surface area contributed by atoms with Gasteiger partial charge in [0.05, 0.1) is 0 Å². The molecule has 2 nitrogen and oxygen atoms in total. The smallest absolute Gasteiger partial charge is 0.114 e. The van der Waals surface area contributed by atoms with E-state index in [1.54, 1.807) is 11.3 Å². The zero-order valence-corrected chi connectivity index (χ0v) is 13.4. The minimum atomic E-state index is 0.0359. The van der Waals surface area contributed by atoms with Gasteiger partial charge in [-0.15, -0.1) is 11.3 Å². The Morgan fingerprint density at radius 1 is 1.28 bits per heavy atom. The maximum absolute atomic E-state index is 6.11. The van der Waals surface area contributed by atoms with Crippen molar-refractivity contribution in [1.29, 1.82) is 0 Å². The Labute approximate surface area is 120 Å². The van der Waals surface area contributed by atoms with Crippen LogP contribution in [0.3, 0.4) is 0 Å². The fourth-order valence-electron chi connectivity index (χ4n) is 1.66. The third-order valence-electron chi connectivity index (χ3n) is 2.67. The zero-order valence-electron chi connectivity index (χ0n) is 11.0. The molecule has 0 bridgehead atoms. The van der Waals surface area contributed by atoms with Gasteiger partial charge in [-0.3, -0.25) is 0 Å². The molecule has 2 rings (SSSR count). The third kappa shape index (κ3) is 2.59. The van der Waals surface area contributed by atoms with E-state index in [1.165, 1.54) is 5.56 Å². The van der Waals surface area contributed by atoms with Gasteiger partial charge in [-0.25, -0.2) is 4.98 Å². The molecule has 2 N–H and O–H groups in total. The summed E-state index contributed by atoms with van der Waals surface area (Å²) in [5.41, 5.74) is 9.31. The van der Waals surface area contributed by atoms with Crippen LogP contribution in [0.15, 0.2) is 22.7 Å². The Bertz CT molecular complexity index is 582. The lowest BCUT2D eigenvalue weighted by Gasteiger charge is -2.13. The fourth-order valence-corrected chi connectivity index (χ4v) is 3.24. The first-order valence-electron chi connectivity index (χ1n) is 5.82. The van der Waals surface area contributed by atoms with Crippen molar-refractivity contribution in [3.8, 4) is 11.3 Å². The molecule has 0 amide bonds. The maximum atomic E-state index is 6.11. The molecule has 0 saturated carbocycles. The molecule has 0 radical (unpaired) electrons. The van der Waals surface area contributed by atoms with E-state index in [0.717, 1.165) is 25.7 Å². The SMILES string of the molecule is Cc1ccc(-c2nc(C(C)(C)C)sc2N)c(Br)c1. The summed E-state index contributed by atoms with van der Waals surface area (Å²) < 4.78 is 1.04. The first-order chi connectivity index (χ1) is 8.29. The van der Waals surface area contributed by atoms with Crippen LogP contribution < -0.4 is 5.73 Å². The number of nitrogens with two attached hydrogens (primary N) is 1. The summed E-state index contributed by atoms with van der Waals surface area (Å²) in [7, 11) is 0. The minimum absolute atomic E-state index is 0.0359. The Hall–Kier alpha value is -0.870. The number of thiazole rings is 1. The number of aromatic nitrogens is 1. The predicted octanol–water partition coefficient (Wildman–Crippen LogP) is 4.76. The number of aryl methyl sites for hydroxylation is 1. The zero-order chi connectivity index (χ0) is 13.5. The molecule has 4 heteroatoms. The normalized spacial score (nSPS) is 11.8. The highest BCUT2D eigenvalue weighted by Gasteiger charge is 2.22. The second-order valence-corrected chi connectivity index (χ2v) is 7.35. The second-order valence-electron chi connectivity index (χ2n) is 5.47. The van der Waals surface area contributed by atoms with Crippen molar-refractivity contribution < 1.29 is 0 Å². The van der Waals surface area contributed by atoms with E-state index in [9.17, 15) is 0 Å². The average Bonchev–Trinajstić information content (AvgIpc) is 2.60. The van der Waals surface area contributed by atoms with Crippen LogP contribution in [0.1, 0.15) is 31.3 Å². The summed E-state index contributed by atoms with van der Waals surface area (Å²) >= 11 is 5.16. The molecular weight excluding hydrogens is 308 g/mol. The maximum Gasteiger partial charge on any atom is 0.114 e. The molecule has 0 aliphatic heterocycles. The van der Waals surface area contributed by atoms with Crippen LogP contribution in [-0.2, 0) is 5.41 Å². The first kappa shape index (κ1) is 13.6. The summed E-state index contributed by atoms with van der Waals surface area (Å²) in [6.07, 6.45) is 0. The van der Waals surface area contributed by atoms with Crippen LogP contribution in [0, 0.1) is 6.92 Å². The van der Waals surface area contributed by atoms with Gasteiger partial charge < -0.3 is 5.73 Å². The van der Waals surface area contributed by atoms with Crippen LogP contribution >= 0.6 is 27.3 Å². The van der Waals surface area contributed by atoms with E-state index in [1.807, 2.05) is 0 Å². The number of rotatable bonds is 1. The predicted molar refractivity (Wildman–Crippen MR) is 83.1 cm³/mol. The minimum Gasteiger partial charge on any atom is -0.389 e. The molecule has 1 aromatic carbocycles. The lowest BCUT2D eigenvalue weighted by molar-refractivity contribution is 0.586. The van der Waals surface area contributed by atoms with Gasteiger partial charge in [-0.05, 0) is 18.6 Å². The van der Waals surface area contributed by atoms with Crippen molar-refractivity contribution in [3.63, 3.8) is 0 Å². The Kier molecular flexibility index (Phi) is 3.52. The molecule has 0 fully saturated rings. The van der Waals surface area contributed by atoms with Crippen molar-refractivity contribution in [1.82, 2.24) is 4.98 Å². The van der Waals surface area contributed by atoms with E-state index in [-0.39, 0.29) is 5.41 Å². The molecule has 0 unspecified atom stereocenters. The van der Waals surface area contributed by atoms with Crippen LogP contribution in [0.25, 0.3) is 11.3 Å². The summed E-state index contributed by atoms with van der Waals surface area (Å²) in [5.74, 6) is 0. The monoisotopic (exact) mass is 324 g/mol. The molecule has 1 aromatic heterocycles. The number of halogens is 1. The number of hydrogen-bond donors (Lipinski definition) is 1. The largest absolute Gasteiger partial charge is 0.389 e. The van der Waals surface area contributed by atoms with Gasteiger partial charge in [0.2, 0.25) is 0 Å². The Morgan fingerprint density at radius 2 is 1.94 bits per heavy atom. The number of nitrogen functional groups attached to an aromatic ring is 1. The second kappa shape index (κ2) is 4.67. The van der Waals surface area contributed by atoms with Crippen LogP contribution in [0.5, 0.6) is 0 Å². The summed E-state index contributed by atoms with van der Waals surface area (Å²) in [6, 6.07) is 6.23. The molecule has 0 aliphatic carbocycles. The highest BCUT2D eigenvalue weighted by Crippen LogP contribution is 2.38. The van der Waals surface area contributed by atoms with Crippen molar-refractivity contribution in [2.24, 2.45) is 0 Å². The average molecular weight is 325 g/mol. The van der Waals surface area contributed by atoms with Crippen molar-refractivity contribution in [2.45, 2.75) is 33.1 Å². The fraction of sp³-hybridized carbons (Fsp3) is 0.357. The number of benzene rings is 1. The van der Waals surface area contributed by atoms with Gasteiger partial charge in [-0.2, -0.15) is 0 Å². The van der Waals surface area contributed by atoms with Crippen molar-refractivity contribution >= 4 is 32.3 Å². The van der Waals surface area contributed by atoms with Crippen molar-refractivity contribution in [2.75, 3.05) is 5.73 Å². The van der Waals surface area contributed by atoms with E-state index < -0.39 is 0 Å². The van der Waals surface area contributed by atoms with Gasteiger partial charge in [0.25, 0.3) is 0 Å².